The molecule has 2 amide bonds. The van der Waals surface area contributed by atoms with Crippen LogP contribution in [0, 0.1) is 6.92 Å². The van der Waals surface area contributed by atoms with Crippen LogP contribution >= 0.6 is 0 Å². The summed E-state index contributed by atoms with van der Waals surface area (Å²) in [7, 11) is 0. The maximum atomic E-state index is 12.1. The molecule has 7 nitrogen and oxygen atoms in total. The Hall–Kier alpha value is -3.35. The minimum Gasteiger partial charge on any atom is -0.464 e. The summed E-state index contributed by atoms with van der Waals surface area (Å²) in [6, 6.07) is 12.3. The van der Waals surface area contributed by atoms with Crippen molar-refractivity contribution in [3.05, 3.63) is 71.9 Å². The lowest BCUT2D eigenvalue weighted by molar-refractivity contribution is -0.136. The summed E-state index contributed by atoms with van der Waals surface area (Å²) in [5.74, 6) is -0.0928. The van der Waals surface area contributed by atoms with Gasteiger partial charge in [0.2, 0.25) is 0 Å². The number of furan rings is 1. The number of aromatic nitrogens is 2. The largest absolute Gasteiger partial charge is 0.464 e. The minimum atomic E-state index is -0.726. The van der Waals surface area contributed by atoms with Gasteiger partial charge in [-0.05, 0) is 49.7 Å². The number of hydrogen-bond acceptors (Lipinski definition) is 4. The molecule has 2 aromatic heterocycles. The van der Waals surface area contributed by atoms with Crippen LogP contribution in [-0.2, 0) is 16.1 Å². The summed E-state index contributed by atoms with van der Waals surface area (Å²) in [6.07, 6.45) is 3.56. The maximum absolute atomic E-state index is 12.1. The molecule has 0 radical (unpaired) electrons. The first kappa shape index (κ1) is 17.5. The highest BCUT2D eigenvalue weighted by Crippen LogP contribution is 2.16. The van der Waals surface area contributed by atoms with Crippen LogP contribution in [0.15, 0.2) is 59.3 Å². The van der Waals surface area contributed by atoms with Crippen molar-refractivity contribution in [3.8, 4) is 0 Å². The molecule has 3 rings (SSSR count). The Labute approximate surface area is 151 Å². The fourth-order valence-corrected chi connectivity index (χ4v) is 2.54. The molecule has 0 fully saturated rings. The fourth-order valence-electron chi connectivity index (χ4n) is 2.54. The molecule has 0 bridgehead atoms. The fraction of sp³-hybridized carbons (Fsp3) is 0.211. The van der Waals surface area contributed by atoms with E-state index in [0.717, 1.165) is 11.3 Å². The van der Waals surface area contributed by atoms with E-state index in [9.17, 15) is 9.59 Å². The summed E-state index contributed by atoms with van der Waals surface area (Å²) in [5, 5.41) is 9.38. The first-order valence-corrected chi connectivity index (χ1v) is 8.26. The van der Waals surface area contributed by atoms with Crippen LogP contribution in [0.3, 0.4) is 0 Å². The molecule has 3 aromatic rings. The predicted molar refractivity (Wildman–Crippen MR) is 96.4 cm³/mol. The average Bonchev–Trinajstić information content (AvgIpc) is 3.26. The molecular formula is C19H20N4O3. The Morgan fingerprint density at radius 3 is 2.73 bits per heavy atom. The van der Waals surface area contributed by atoms with Crippen molar-refractivity contribution < 1.29 is 14.0 Å². The molecule has 26 heavy (non-hydrogen) atoms. The lowest BCUT2D eigenvalue weighted by atomic mass is 10.2. The number of aryl methyl sites for hydroxylation is 1. The third-order valence-corrected chi connectivity index (χ3v) is 3.83. The molecule has 1 unspecified atom stereocenters. The monoisotopic (exact) mass is 352 g/mol. The molecule has 0 aliphatic rings. The smallest absolute Gasteiger partial charge is 0.313 e. The number of amides is 2. The van der Waals surface area contributed by atoms with Crippen molar-refractivity contribution in [1.29, 1.82) is 0 Å². The van der Waals surface area contributed by atoms with Gasteiger partial charge < -0.3 is 15.1 Å². The second-order valence-electron chi connectivity index (χ2n) is 6.00. The van der Waals surface area contributed by atoms with Crippen LogP contribution in [0.1, 0.15) is 30.0 Å². The van der Waals surface area contributed by atoms with E-state index in [0.29, 0.717) is 18.0 Å². The molecule has 0 aliphatic carbocycles. The van der Waals surface area contributed by atoms with Gasteiger partial charge in [-0.25, -0.2) is 0 Å². The highest BCUT2D eigenvalue weighted by Gasteiger charge is 2.19. The zero-order valence-corrected chi connectivity index (χ0v) is 14.6. The number of carbonyl (C=O) groups excluding carboxylic acids is 2. The standard InChI is InChI=1S/C19H20N4O3/c1-13-7-8-17(26-13)14(2)21-18(24)19(25)22-16-6-3-5-15(11-16)12-23-10-4-9-20-23/h3-11,14H,12H2,1-2H3,(H,21,24)(H,22,25). The van der Waals surface area contributed by atoms with Crippen molar-refractivity contribution in [1.82, 2.24) is 15.1 Å². The Morgan fingerprint density at radius 1 is 1.19 bits per heavy atom. The van der Waals surface area contributed by atoms with Gasteiger partial charge in [-0.2, -0.15) is 5.10 Å². The van der Waals surface area contributed by atoms with E-state index in [1.807, 2.05) is 43.5 Å². The normalized spacial score (nSPS) is 11.8. The van der Waals surface area contributed by atoms with Crippen molar-refractivity contribution in [3.63, 3.8) is 0 Å². The second kappa shape index (κ2) is 7.69. The van der Waals surface area contributed by atoms with E-state index in [2.05, 4.69) is 15.7 Å². The number of rotatable bonds is 5. The van der Waals surface area contributed by atoms with E-state index in [-0.39, 0.29) is 0 Å². The Kier molecular flexibility index (Phi) is 5.17. The van der Waals surface area contributed by atoms with Crippen LogP contribution in [0.4, 0.5) is 5.69 Å². The summed E-state index contributed by atoms with van der Waals surface area (Å²) < 4.78 is 7.23. The van der Waals surface area contributed by atoms with E-state index in [1.54, 1.807) is 29.9 Å². The number of benzene rings is 1. The van der Waals surface area contributed by atoms with Crippen LogP contribution in [0.5, 0.6) is 0 Å². The van der Waals surface area contributed by atoms with E-state index < -0.39 is 17.9 Å². The van der Waals surface area contributed by atoms with E-state index in [4.69, 9.17) is 4.42 Å². The van der Waals surface area contributed by atoms with Crippen molar-refractivity contribution >= 4 is 17.5 Å². The molecule has 0 saturated carbocycles. The van der Waals surface area contributed by atoms with Crippen molar-refractivity contribution in [2.45, 2.75) is 26.4 Å². The maximum Gasteiger partial charge on any atom is 0.313 e. The molecule has 2 heterocycles. The summed E-state index contributed by atoms with van der Waals surface area (Å²) in [5.41, 5.74) is 1.52. The van der Waals surface area contributed by atoms with Gasteiger partial charge in [-0.3, -0.25) is 14.3 Å². The quantitative estimate of drug-likeness (QED) is 0.691. The molecule has 0 saturated heterocycles. The van der Waals surface area contributed by atoms with Gasteiger partial charge in [-0.1, -0.05) is 12.1 Å². The molecule has 0 aliphatic heterocycles. The van der Waals surface area contributed by atoms with Gasteiger partial charge in [0.25, 0.3) is 0 Å². The Morgan fingerprint density at radius 2 is 2.04 bits per heavy atom. The van der Waals surface area contributed by atoms with Gasteiger partial charge in [0.05, 0.1) is 12.6 Å². The number of hydrogen-bond donors (Lipinski definition) is 2. The Bertz CT molecular complexity index is 899. The third-order valence-electron chi connectivity index (χ3n) is 3.83. The van der Waals surface area contributed by atoms with Crippen LogP contribution < -0.4 is 10.6 Å². The Balaban J connectivity index is 1.59. The van der Waals surface area contributed by atoms with Gasteiger partial charge >= 0.3 is 11.8 Å². The second-order valence-corrected chi connectivity index (χ2v) is 6.00. The van der Waals surface area contributed by atoms with Gasteiger partial charge in [0.15, 0.2) is 0 Å². The van der Waals surface area contributed by atoms with Crippen LogP contribution in [-0.4, -0.2) is 21.6 Å². The van der Waals surface area contributed by atoms with Crippen molar-refractivity contribution in [2.24, 2.45) is 0 Å². The number of carbonyl (C=O) groups is 2. The molecule has 0 spiro atoms. The van der Waals surface area contributed by atoms with Crippen LogP contribution in [0.2, 0.25) is 0 Å². The SMILES string of the molecule is Cc1ccc(C(C)NC(=O)C(=O)Nc2cccc(Cn3cccn3)c2)o1. The lowest BCUT2D eigenvalue weighted by Crippen LogP contribution is -2.36. The van der Waals surface area contributed by atoms with Gasteiger partial charge in [0.1, 0.15) is 11.5 Å². The summed E-state index contributed by atoms with van der Waals surface area (Å²) >= 11 is 0. The van der Waals surface area contributed by atoms with Gasteiger partial charge in [-0.15, -0.1) is 0 Å². The van der Waals surface area contributed by atoms with Gasteiger partial charge in [0, 0.05) is 18.1 Å². The molecule has 1 atom stereocenters. The van der Waals surface area contributed by atoms with Crippen molar-refractivity contribution in [2.75, 3.05) is 5.32 Å². The molecular weight excluding hydrogens is 332 g/mol. The van der Waals surface area contributed by atoms with Crippen LogP contribution in [0.25, 0.3) is 0 Å². The molecule has 2 N–H and O–H groups in total. The highest BCUT2D eigenvalue weighted by atomic mass is 16.3. The van der Waals surface area contributed by atoms with E-state index >= 15 is 0 Å². The zero-order chi connectivity index (χ0) is 18.5. The number of nitrogens with one attached hydrogen (secondary N) is 2. The molecule has 134 valence electrons. The third kappa shape index (κ3) is 4.38. The first-order valence-electron chi connectivity index (χ1n) is 8.26. The number of anilines is 1. The summed E-state index contributed by atoms with van der Waals surface area (Å²) in [6.45, 7) is 4.16. The minimum absolute atomic E-state index is 0.395. The van der Waals surface area contributed by atoms with E-state index in [1.165, 1.54) is 0 Å². The number of nitrogens with zero attached hydrogens (tertiary/aromatic N) is 2. The topological polar surface area (TPSA) is 89.2 Å². The highest BCUT2D eigenvalue weighted by molar-refractivity contribution is 6.39. The molecule has 7 heteroatoms. The molecule has 1 aromatic carbocycles. The average molecular weight is 352 g/mol. The lowest BCUT2D eigenvalue weighted by Gasteiger charge is -2.12. The predicted octanol–water partition coefficient (Wildman–Crippen LogP) is 2.65. The zero-order valence-electron chi connectivity index (χ0n) is 14.6. The summed E-state index contributed by atoms with van der Waals surface area (Å²) in [4.78, 5) is 24.2. The first-order chi connectivity index (χ1) is 12.5.